The molecule has 3 nitrogen and oxygen atoms in total. The van der Waals surface area contributed by atoms with E-state index in [4.69, 9.17) is 17.3 Å². The summed E-state index contributed by atoms with van der Waals surface area (Å²) in [5.41, 5.74) is 7.80. The predicted molar refractivity (Wildman–Crippen MR) is 97.3 cm³/mol. The van der Waals surface area contributed by atoms with Gasteiger partial charge in [0.05, 0.1) is 4.88 Å². The maximum Gasteiger partial charge on any atom is 0.261 e. The summed E-state index contributed by atoms with van der Waals surface area (Å²) in [7, 11) is 0. The standard InChI is InChI=1S/C16H19ClN2OS.ClH/c1-10-8-14(16(20)19-7-6-11(2)18)21-15(10)12-4-3-5-13(17)9-12;/h3-5,8-9,11H,6-7,18H2,1-2H3,(H,19,20);1H. The molecule has 0 spiro atoms. The summed E-state index contributed by atoms with van der Waals surface area (Å²) in [6.07, 6.45) is 0.775. The molecule has 1 heterocycles. The van der Waals surface area contributed by atoms with E-state index in [2.05, 4.69) is 5.32 Å². The number of thiophene rings is 1. The molecule has 0 saturated heterocycles. The third-order valence-corrected chi connectivity index (χ3v) is 4.63. The van der Waals surface area contributed by atoms with Crippen LogP contribution in [0.3, 0.4) is 0 Å². The Kier molecular flexibility index (Phi) is 7.36. The minimum atomic E-state index is -0.0444. The van der Waals surface area contributed by atoms with Crippen LogP contribution in [0.1, 0.15) is 28.6 Å². The highest BCUT2D eigenvalue weighted by Crippen LogP contribution is 2.33. The zero-order chi connectivity index (χ0) is 15.4. The molecule has 1 unspecified atom stereocenters. The van der Waals surface area contributed by atoms with Crippen LogP contribution in [0.15, 0.2) is 30.3 Å². The zero-order valence-corrected chi connectivity index (χ0v) is 14.9. The van der Waals surface area contributed by atoms with Crippen molar-refractivity contribution in [3.05, 3.63) is 45.8 Å². The van der Waals surface area contributed by atoms with Gasteiger partial charge in [0.2, 0.25) is 0 Å². The smallest absolute Gasteiger partial charge is 0.261 e. The lowest BCUT2D eigenvalue weighted by atomic mass is 10.1. The van der Waals surface area contributed by atoms with Crippen molar-refractivity contribution in [2.75, 3.05) is 6.54 Å². The van der Waals surface area contributed by atoms with E-state index in [0.29, 0.717) is 16.4 Å². The number of carbonyl (C=O) groups is 1. The minimum absolute atomic E-state index is 0. The van der Waals surface area contributed by atoms with Gasteiger partial charge >= 0.3 is 0 Å². The van der Waals surface area contributed by atoms with Gasteiger partial charge in [0.25, 0.3) is 5.91 Å². The Balaban J connectivity index is 0.00000242. The number of benzene rings is 1. The van der Waals surface area contributed by atoms with Crippen molar-refractivity contribution in [1.82, 2.24) is 5.32 Å². The van der Waals surface area contributed by atoms with Crippen molar-refractivity contribution in [3.8, 4) is 10.4 Å². The molecule has 120 valence electrons. The summed E-state index contributed by atoms with van der Waals surface area (Å²) in [5.74, 6) is -0.0444. The van der Waals surface area contributed by atoms with Crippen molar-refractivity contribution < 1.29 is 4.79 Å². The lowest BCUT2D eigenvalue weighted by molar-refractivity contribution is 0.0957. The molecule has 22 heavy (non-hydrogen) atoms. The summed E-state index contributed by atoms with van der Waals surface area (Å²) >= 11 is 7.51. The monoisotopic (exact) mass is 358 g/mol. The maximum atomic E-state index is 12.1. The Morgan fingerprint density at radius 3 is 2.77 bits per heavy atom. The maximum absolute atomic E-state index is 12.1. The average molecular weight is 359 g/mol. The van der Waals surface area contributed by atoms with Gasteiger partial charge in [-0.1, -0.05) is 23.7 Å². The van der Waals surface area contributed by atoms with Gasteiger partial charge in [-0.15, -0.1) is 23.7 Å². The number of nitrogens with one attached hydrogen (secondary N) is 1. The molecule has 3 N–H and O–H groups in total. The molecule has 0 fully saturated rings. The van der Waals surface area contributed by atoms with E-state index in [0.717, 1.165) is 22.4 Å². The first-order chi connectivity index (χ1) is 9.97. The Bertz CT molecular complexity index is 641. The summed E-state index contributed by atoms with van der Waals surface area (Å²) in [6.45, 7) is 4.53. The van der Waals surface area contributed by atoms with Crippen molar-refractivity contribution in [1.29, 1.82) is 0 Å². The highest BCUT2D eigenvalue weighted by Gasteiger charge is 2.13. The molecule has 0 aliphatic carbocycles. The molecule has 1 amide bonds. The number of hydrogen-bond donors (Lipinski definition) is 2. The van der Waals surface area contributed by atoms with Crippen LogP contribution in [-0.2, 0) is 0 Å². The van der Waals surface area contributed by atoms with Crippen LogP contribution >= 0.6 is 35.3 Å². The third kappa shape index (κ3) is 4.99. The minimum Gasteiger partial charge on any atom is -0.351 e. The van der Waals surface area contributed by atoms with Crippen LogP contribution in [-0.4, -0.2) is 18.5 Å². The molecule has 0 bridgehead atoms. The molecule has 1 aromatic carbocycles. The Hall–Kier alpha value is -1.07. The number of amides is 1. The molecule has 1 atom stereocenters. The first-order valence-electron chi connectivity index (χ1n) is 6.87. The Morgan fingerprint density at radius 2 is 2.14 bits per heavy atom. The van der Waals surface area contributed by atoms with E-state index >= 15 is 0 Å². The van der Waals surface area contributed by atoms with Gasteiger partial charge in [0.1, 0.15) is 0 Å². The van der Waals surface area contributed by atoms with E-state index < -0.39 is 0 Å². The molecule has 1 aromatic heterocycles. The second-order valence-corrected chi connectivity index (χ2v) is 6.64. The fraction of sp³-hybridized carbons (Fsp3) is 0.312. The molecule has 2 rings (SSSR count). The Morgan fingerprint density at radius 1 is 1.41 bits per heavy atom. The molecule has 6 heteroatoms. The summed E-state index contributed by atoms with van der Waals surface area (Å²) in [4.78, 5) is 13.9. The van der Waals surface area contributed by atoms with Gasteiger partial charge in [0, 0.05) is 22.5 Å². The molecular formula is C16H20Cl2N2OS. The van der Waals surface area contributed by atoms with Crippen molar-refractivity contribution >= 4 is 41.3 Å². The molecule has 2 aromatic rings. The molecular weight excluding hydrogens is 339 g/mol. The molecule has 0 radical (unpaired) electrons. The van der Waals surface area contributed by atoms with E-state index in [-0.39, 0.29) is 24.4 Å². The predicted octanol–water partition coefficient (Wildman–Crippen LogP) is 4.27. The third-order valence-electron chi connectivity index (χ3n) is 3.11. The van der Waals surface area contributed by atoms with Gasteiger partial charge in [-0.3, -0.25) is 4.79 Å². The topological polar surface area (TPSA) is 55.1 Å². The number of aryl methyl sites for hydroxylation is 1. The summed E-state index contributed by atoms with van der Waals surface area (Å²) < 4.78 is 0. The molecule has 0 aliphatic rings. The molecule has 0 aliphatic heterocycles. The number of halogens is 2. The number of hydrogen-bond acceptors (Lipinski definition) is 3. The van der Waals surface area contributed by atoms with Gasteiger partial charge in [-0.05, 0) is 49.6 Å². The van der Waals surface area contributed by atoms with Crippen LogP contribution in [0.4, 0.5) is 0 Å². The average Bonchev–Trinajstić information content (AvgIpc) is 2.80. The van der Waals surface area contributed by atoms with Gasteiger partial charge < -0.3 is 11.1 Å². The Labute approximate surface area is 146 Å². The first kappa shape index (κ1) is 19.0. The normalized spacial score (nSPS) is 11.6. The van der Waals surface area contributed by atoms with E-state index in [1.807, 2.05) is 44.2 Å². The van der Waals surface area contributed by atoms with Gasteiger partial charge in [0.15, 0.2) is 0 Å². The van der Waals surface area contributed by atoms with Crippen LogP contribution in [0.5, 0.6) is 0 Å². The summed E-state index contributed by atoms with van der Waals surface area (Å²) in [5, 5.41) is 3.60. The number of nitrogens with two attached hydrogens (primary N) is 1. The fourth-order valence-electron chi connectivity index (χ4n) is 2.01. The lowest BCUT2D eigenvalue weighted by Crippen LogP contribution is -2.28. The number of rotatable bonds is 5. The quantitative estimate of drug-likeness (QED) is 0.838. The number of carbonyl (C=O) groups excluding carboxylic acids is 1. The lowest BCUT2D eigenvalue weighted by Gasteiger charge is -2.05. The van der Waals surface area contributed by atoms with Gasteiger partial charge in [-0.25, -0.2) is 0 Å². The van der Waals surface area contributed by atoms with Crippen LogP contribution < -0.4 is 11.1 Å². The van der Waals surface area contributed by atoms with Gasteiger partial charge in [-0.2, -0.15) is 0 Å². The van der Waals surface area contributed by atoms with Crippen molar-refractivity contribution in [2.45, 2.75) is 26.3 Å². The van der Waals surface area contributed by atoms with Crippen LogP contribution in [0.2, 0.25) is 5.02 Å². The highest BCUT2D eigenvalue weighted by molar-refractivity contribution is 7.17. The molecule has 0 saturated carbocycles. The van der Waals surface area contributed by atoms with E-state index in [9.17, 15) is 4.79 Å². The summed E-state index contributed by atoms with van der Waals surface area (Å²) in [6, 6.07) is 9.69. The first-order valence-corrected chi connectivity index (χ1v) is 8.07. The second kappa shape index (κ2) is 8.53. The van der Waals surface area contributed by atoms with E-state index in [1.165, 1.54) is 11.3 Å². The SMILES string of the molecule is Cc1cc(C(=O)NCCC(C)N)sc1-c1cccc(Cl)c1.Cl. The fourth-order valence-corrected chi connectivity index (χ4v) is 3.29. The zero-order valence-electron chi connectivity index (χ0n) is 12.6. The highest BCUT2D eigenvalue weighted by atomic mass is 35.5. The van der Waals surface area contributed by atoms with Crippen molar-refractivity contribution in [2.24, 2.45) is 5.73 Å². The van der Waals surface area contributed by atoms with E-state index in [1.54, 1.807) is 0 Å². The van der Waals surface area contributed by atoms with Crippen LogP contribution in [0, 0.1) is 6.92 Å². The second-order valence-electron chi connectivity index (χ2n) is 5.15. The van der Waals surface area contributed by atoms with Crippen LogP contribution in [0.25, 0.3) is 10.4 Å². The van der Waals surface area contributed by atoms with Crippen molar-refractivity contribution in [3.63, 3.8) is 0 Å². The largest absolute Gasteiger partial charge is 0.351 e.